The van der Waals surface area contributed by atoms with Gasteiger partial charge < -0.3 is 4.43 Å². The Morgan fingerprint density at radius 2 is 1.78 bits per heavy atom. The van der Waals surface area contributed by atoms with Gasteiger partial charge in [0.25, 0.3) is 0 Å². The summed E-state index contributed by atoms with van der Waals surface area (Å²) >= 11 is 0. The van der Waals surface area contributed by atoms with Gasteiger partial charge in [0.05, 0.1) is 6.61 Å². The van der Waals surface area contributed by atoms with Crippen molar-refractivity contribution in [3.8, 4) is 0 Å². The fraction of sp³-hybridized carbons (Fsp3) is 0.625. The molecule has 1 heterocycles. The van der Waals surface area contributed by atoms with Crippen molar-refractivity contribution in [2.24, 2.45) is 0 Å². The maximum atomic E-state index is 6.18. The van der Waals surface area contributed by atoms with Gasteiger partial charge in [0.2, 0.25) is 8.32 Å². The SMILES string of the molecule is CC(C)c1ccc(C(C)(C)C)c2c1[Si](C)(C)OC2. The van der Waals surface area contributed by atoms with Gasteiger partial charge in [0.1, 0.15) is 0 Å². The molecule has 1 aromatic carbocycles. The monoisotopic (exact) mass is 262 g/mol. The molecule has 0 N–H and O–H groups in total. The Morgan fingerprint density at radius 3 is 2.28 bits per heavy atom. The van der Waals surface area contributed by atoms with E-state index in [4.69, 9.17) is 4.43 Å². The highest BCUT2D eigenvalue weighted by Gasteiger charge is 2.39. The van der Waals surface area contributed by atoms with Crippen molar-refractivity contribution in [3.63, 3.8) is 0 Å². The zero-order valence-electron chi connectivity index (χ0n) is 12.8. The highest BCUT2D eigenvalue weighted by molar-refractivity contribution is 6.85. The molecular weight excluding hydrogens is 236 g/mol. The van der Waals surface area contributed by atoms with E-state index in [9.17, 15) is 0 Å². The van der Waals surface area contributed by atoms with Crippen molar-refractivity contribution in [2.45, 2.75) is 65.7 Å². The van der Waals surface area contributed by atoms with E-state index in [1.165, 1.54) is 16.7 Å². The van der Waals surface area contributed by atoms with Crippen LogP contribution in [0, 0.1) is 0 Å². The summed E-state index contributed by atoms with van der Waals surface area (Å²) in [5, 5.41) is 1.57. The van der Waals surface area contributed by atoms with Crippen LogP contribution in [0.2, 0.25) is 13.1 Å². The molecule has 2 rings (SSSR count). The minimum absolute atomic E-state index is 0.206. The maximum absolute atomic E-state index is 6.18. The summed E-state index contributed by atoms with van der Waals surface area (Å²) in [6.07, 6.45) is 0. The largest absolute Gasteiger partial charge is 0.409 e. The number of hydrogen-bond acceptors (Lipinski definition) is 1. The lowest BCUT2D eigenvalue weighted by Gasteiger charge is -2.26. The first-order valence-electron chi connectivity index (χ1n) is 6.95. The van der Waals surface area contributed by atoms with Crippen LogP contribution in [-0.2, 0) is 16.4 Å². The molecule has 0 radical (unpaired) electrons. The van der Waals surface area contributed by atoms with Crippen LogP contribution in [0.4, 0.5) is 0 Å². The molecule has 0 amide bonds. The number of fused-ring (bicyclic) bond motifs is 1. The average molecular weight is 262 g/mol. The lowest BCUT2D eigenvalue weighted by Crippen LogP contribution is -2.43. The smallest absolute Gasteiger partial charge is 0.219 e. The van der Waals surface area contributed by atoms with E-state index < -0.39 is 8.32 Å². The molecule has 0 aromatic heterocycles. The number of hydrogen-bond donors (Lipinski definition) is 0. The Hall–Kier alpha value is -0.603. The Morgan fingerprint density at radius 1 is 1.17 bits per heavy atom. The van der Waals surface area contributed by atoms with E-state index in [0.29, 0.717) is 5.92 Å². The lowest BCUT2D eigenvalue weighted by atomic mass is 9.82. The molecule has 0 fully saturated rings. The van der Waals surface area contributed by atoms with Gasteiger partial charge in [-0.05, 0) is 46.3 Å². The van der Waals surface area contributed by atoms with Crippen LogP contribution in [0.15, 0.2) is 12.1 Å². The van der Waals surface area contributed by atoms with E-state index in [2.05, 4.69) is 59.8 Å². The van der Waals surface area contributed by atoms with Crippen molar-refractivity contribution < 1.29 is 4.43 Å². The fourth-order valence-corrected chi connectivity index (χ4v) is 5.69. The standard InChI is InChI=1S/C16H26OSi/c1-11(2)12-8-9-14(16(3,4)5)13-10-17-18(6,7)15(12)13/h8-9,11H,10H2,1-7H3. The third-order valence-corrected chi connectivity index (χ3v) is 6.62. The zero-order chi connectivity index (χ0) is 13.7. The second-order valence-corrected chi connectivity index (χ2v) is 11.1. The van der Waals surface area contributed by atoms with Crippen LogP contribution in [0.3, 0.4) is 0 Å². The molecular formula is C16H26OSi. The molecule has 0 aliphatic carbocycles. The lowest BCUT2D eigenvalue weighted by molar-refractivity contribution is 0.317. The van der Waals surface area contributed by atoms with Crippen molar-refractivity contribution >= 4 is 13.5 Å². The predicted octanol–water partition coefficient (Wildman–Crippen LogP) is 4.05. The van der Waals surface area contributed by atoms with Gasteiger partial charge in [-0.3, -0.25) is 0 Å². The van der Waals surface area contributed by atoms with Crippen LogP contribution in [0.25, 0.3) is 0 Å². The maximum Gasteiger partial charge on any atom is 0.219 e. The quantitative estimate of drug-likeness (QED) is 0.694. The van der Waals surface area contributed by atoms with Gasteiger partial charge in [-0.2, -0.15) is 0 Å². The summed E-state index contributed by atoms with van der Waals surface area (Å²) in [5.41, 5.74) is 4.68. The number of rotatable bonds is 1. The zero-order valence-corrected chi connectivity index (χ0v) is 13.8. The first-order chi connectivity index (χ1) is 8.14. The molecule has 0 saturated heterocycles. The minimum Gasteiger partial charge on any atom is -0.409 e. The topological polar surface area (TPSA) is 9.23 Å². The van der Waals surface area contributed by atoms with Crippen molar-refractivity contribution in [3.05, 3.63) is 28.8 Å². The van der Waals surface area contributed by atoms with E-state index >= 15 is 0 Å². The van der Waals surface area contributed by atoms with Crippen LogP contribution in [0.5, 0.6) is 0 Å². The van der Waals surface area contributed by atoms with Gasteiger partial charge in [-0.1, -0.05) is 46.8 Å². The third kappa shape index (κ3) is 2.16. The minimum atomic E-state index is -1.68. The van der Waals surface area contributed by atoms with Gasteiger partial charge in [0, 0.05) is 0 Å². The summed E-state index contributed by atoms with van der Waals surface area (Å²) in [4.78, 5) is 0. The van der Waals surface area contributed by atoms with E-state index in [1.54, 1.807) is 5.19 Å². The molecule has 100 valence electrons. The molecule has 0 saturated carbocycles. The summed E-state index contributed by atoms with van der Waals surface area (Å²) in [5.74, 6) is 0.584. The first kappa shape index (κ1) is 13.8. The molecule has 1 aromatic rings. The molecule has 18 heavy (non-hydrogen) atoms. The molecule has 1 aliphatic heterocycles. The predicted molar refractivity (Wildman–Crippen MR) is 81.1 cm³/mol. The number of benzene rings is 1. The Kier molecular flexibility index (Phi) is 3.23. The van der Waals surface area contributed by atoms with Crippen LogP contribution >= 0.6 is 0 Å². The summed E-state index contributed by atoms with van der Waals surface area (Å²) < 4.78 is 6.18. The highest BCUT2D eigenvalue weighted by Crippen LogP contribution is 2.33. The molecule has 1 aliphatic rings. The summed E-state index contributed by atoms with van der Waals surface area (Å²) in [6.45, 7) is 16.9. The fourth-order valence-electron chi connectivity index (χ4n) is 3.04. The molecule has 1 nitrogen and oxygen atoms in total. The Labute approximate surface area is 113 Å². The summed E-state index contributed by atoms with van der Waals surface area (Å²) in [7, 11) is -1.68. The third-order valence-electron chi connectivity index (χ3n) is 3.95. The van der Waals surface area contributed by atoms with E-state index in [1.807, 2.05) is 0 Å². The molecule has 0 spiro atoms. The Bertz CT molecular complexity index is 467. The van der Waals surface area contributed by atoms with Crippen molar-refractivity contribution in [2.75, 3.05) is 0 Å². The van der Waals surface area contributed by atoms with Gasteiger partial charge >= 0.3 is 0 Å². The van der Waals surface area contributed by atoms with Crippen LogP contribution in [0.1, 0.15) is 57.2 Å². The van der Waals surface area contributed by atoms with E-state index in [0.717, 1.165) is 6.61 Å². The van der Waals surface area contributed by atoms with Crippen LogP contribution < -0.4 is 5.19 Å². The van der Waals surface area contributed by atoms with Gasteiger partial charge in [-0.25, -0.2) is 0 Å². The second-order valence-electron chi connectivity index (χ2n) is 7.26. The first-order valence-corrected chi connectivity index (χ1v) is 9.86. The molecule has 2 heteroatoms. The average Bonchev–Trinajstić information content (AvgIpc) is 2.53. The Balaban J connectivity index is 2.71. The van der Waals surface area contributed by atoms with Crippen molar-refractivity contribution in [1.82, 2.24) is 0 Å². The van der Waals surface area contributed by atoms with Gasteiger partial charge in [0.15, 0.2) is 0 Å². The summed E-state index contributed by atoms with van der Waals surface area (Å²) in [6, 6.07) is 4.67. The highest BCUT2D eigenvalue weighted by atomic mass is 28.4. The molecule has 0 unspecified atom stereocenters. The second kappa shape index (κ2) is 4.21. The van der Waals surface area contributed by atoms with E-state index in [-0.39, 0.29) is 5.41 Å². The van der Waals surface area contributed by atoms with Crippen LogP contribution in [-0.4, -0.2) is 8.32 Å². The van der Waals surface area contributed by atoms with Gasteiger partial charge in [-0.15, -0.1) is 0 Å². The molecule has 0 bridgehead atoms. The molecule has 0 atom stereocenters. The van der Waals surface area contributed by atoms with Crippen molar-refractivity contribution in [1.29, 1.82) is 0 Å². The normalized spacial score (nSPS) is 18.2.